The first-order chi connectivity index (χ1) is 24.0. The minimum atomic E-state index is -0.475. The van der Waals surface area contributed by atoms with Crippen LogP contribution in [0, 0.1) is 94.5 Å². The molecule has 3 aliphatic rings. The normalized spacial score (nSPS) is 22.1. The second-order valence-corrected chi connectivity index (χ2v) is 16.9. The molecule has 0 heterocycles. The lowest BCUT2D eigenvalue weighted by atomic mass is 9.84. The molecule has 0 unspecified atom stereocenters. The molecule has 3 saturated carbocycles. The summed E-state index contributed by atoms with van der Waals surface area (Å²) >= 11 is 0. The van der Waals surface area contributed by atoms with Crippen LogP contribution in [0.5, 0.6) is 0 Å². The van der Waals surface area contributed by atoms with Gasteiger partial charge in [0.1, 0.15) is 17.5 Å². The fraction of sp³-hybridized carbons (Fsp3) is 0.654. The summed E-state index contributed by atoms with van der Waals surface area (Å²) in [6.45, 7) is 25.1. The molecule has 0 N–H and O–H groups in total. The van der Waals surface area contributed by atoms with Crippen molar-refractivity contribution in [2.24, 2.45) is 35.5 Å². The predicted octanol–water partition coefficient (Wildman–Crippen LogP) is 18.4. The molecule has 55 heavy (non-hydrogen) atoms. The molecule has 0 spiro atoms. The van der Waals surface area contributed by atoms with E-state index in [1.165, 1.54) is 113 Å². The summed E-state index contributed by atoms with van der Waals surface area (Å²) in [6.07, 6.45) is 17.7. The van der Waals surface area contributed by atoms with Crippen LogP contribution in [0.1, 0.15) is 182 Å². The highest BCUT2D eigenvalue weighted by atomic mass is 19.1. The van der Waals surface area contributed by atoms with E-state index in [2.05, 4.69) is 79.7 Å². The van der Waals surface area contributed by atoms with Crippen molar-refractivity contribution in [2.45, 2.75) is 190 Å². The SMILES string of the molecule is C.C.C.C.CC1CCC(C)CC1.CC1CCC(C)CC1.CC1CCC(C)CC1.Cc1cc(F)c(C)c(F)c1.Cc1ccc(C)c(F)c1.Cc1ccc(C)cc1. The van der Waals surface area contributed by atoms with E-state index in [1.807, 2.05) is 13.0 Å². The lowest BCUT2D eigenvalue weighted by molar-refractivity contribution is 0.308. The van der Waals surface area contributed by atoms with Crippen molar-refractivity contribution >= 4 is 0 Å². The minimum Gasteiger partial charge on any atom is -0.207 e. The molecule has 0 aliphatic heterocycles. The monoisotopic (exact) mass is 773 g/mol. The van der Waals surface area contributed by atoms with Crippen LogP contribution < -0.4 is 0 Å². The van der Waals surface area contributed by atoms with Crippen LogP contribution in [0.4, 0.5) is 13.2 Å². The van der Waals surface area contributed by atoms with Crippen molar-refractivity contribution < 1.29 is 13.2 Å². The molecule has 3 aromatic rings. The minimum absolute atomic E-state index is 0. The molecule has 0 nitrogen and oxygen atoms in total. The molecule has 0 amide bonds. The van der Waals surface area contributed by atoms with E-state index in [0.29, 0.717) is 11.1 Å². The van der Waals surface area contributed by atoms with Gasteiger partial charge in [0.15, 0.2) is 0 Å². The van der Waals surface area contributed by atoms with Gasteiger partial charge >= 0.3 is 0 Å². The molecule has 3 heteroatoms. The Hall–Kier alpha value is -2.55. The first-order valence-corrected chi connectivity index (χ1v) is 20.1. The molecular weight excluding hydrogens is 682 g/mol. The molecule has 3 aliphatic carbocycles. The van der Waals surface area contributed by atoms with Crippen LogP contribution >= 0.6 is 0 Å². The van der Waals surface area contributed by atoms with E-state index in [4.69, 9.17) is 0 Å². The van der Waals surface area contributed by atoms with E-state index in [-0.39, 0.29) is 41.1 Å². The van der Waals surface area contributed by atoms with Gasteiger partial charge in [-0.25, -0.2) is 13.2 Å². The topological polar surface area (TPSA) is 0 Å². The zero-order valence-corrected chi connectivity index (χ0v) is 34.8. The molecule has 0 atom stereocenters. The van der Waals surface area contributed by atoms with Gasteiger partial charge < -0.3 is 0 Å². The van der Waals surface area contributed by atoms with Crippen molar-refractivity contribution in [1.29, 1.82) is 0 Å². The first kappa shape index (κ1) is 59.1. The van der Waals surface area contributed by atoms with Crippen LogP contribution in [0.15, 0.2) is 54.6 Å². The van der Waals surface area contributed by atoms with Gasteiger partial charge in [-0.1, -0.05) is 196 Å². The number of hydrogen-bond donors (Lipinski definition) is 0. The van der Waals surface area contributed by atoms with Gasteiger partial charge in [-0.2, -0.15) is 0 Å². The van der Waals surface area contributed by atoms with Crippen LogP contribution in [-0.4, -0.2) is 0 Å². The van der Waals surface area contributed by atoms with Gasteiger partial charge in [0.05, 0.1) is 0 Å². The lowest BCUT2D eigenvalue weighted by Gasteiger charge is -2.22. The van der Waals surface area contributed by atoms with Crippen molar-refractivity contribution in [3.05, 3.63) is 105 Å². The number of halogens is 3. The third kappa shape index (κ3) is 28.5. The molecule has 3 aromatic carbocycles. The Labute approximate surface area is 342 Å². The number of aryl methyl sites for hydroxylation is 5. The Morgan fingerprint density at radius 2 is 0.545 bits per heavy atom. The predicted molar refractivity (Wildman–Crippen MR) is 245 cm³/mol. The van der Waals surface area contributed by atoms with Crippen molar-refractivity contribution in [1.82, 2.24) is 0 Å². The fourth-order valence-corrected chi connectivity index (χ4v) is 6.39. The van der Waals surface area contributed by atoms with Crippen LogP contribution in [0.2, 0.25) is 0 Å². The Kier molecular flexibility index (Phi) is 35.0. The second kappa shape index (κ2) is 32.5. The smallest absolute Gasteiger partial charge is 0.129 e. The van der Waals surface area contributed by atoms with Gasteiger partial charge in [0.2, 0.25) is 0 Å². The molecule has 6 rings (SSSR count). The summed E-state index contributed by atoms with van der Waals surface area (Å²) in [5.41, 5.74) is 5.04. The molecule has 320 valence electrons. The Morgan fingerprint density at radius 1 is 0.327 bits per heavy atom. The van der Waals surface area contributed by atoms with E-state index in [1.54, 1.807) is 19.9 Å². The zero-order chi connectivity index (χ0) is 38.5. The summed E-state index contributed by atoms with van der Waals surface area (Å²) in [6, 6.07) is 16.3. The number of benzene rings is 3. The highest BCUT2D eigenvalue weighted by Crippen LogP contribution is 2.28. The quantitative estimate of drug-likeness (QED) is 0.213. The van der Waals surface area contributed by atoms with E-state index >= 15 is 0 Å². The third-order valence-electron chi connectivity index (χ3n) is 10.9. The van der Waals surface area contributed by atoms with Crippen molar-refractivity contribution in [3.8, 4) is 0 Å². The third-order valence-corrected chi connectivity index (χ3v) is 10.9. The van der Waals surface area contributed by atoms with E-state index in [9.17, 15) is 13.2 Å². The van der Waals surface area contributed by atoms with Gasteiger partial charge in [0, 0.05) is 5.56 Å². The second-order valence-electron chi connectivity index (χ2n) is 16.9. The highest BCUT2D eigenvalue weighted by Gasteiger charge is 2.14. The van der Waals surface area contributed by atoms with Crippen LogP contribution in [0.25, 0.3) is 0 Å². The Morgan fingerprint density at radius 3 is 0.764 bits per heavy atom. The highest BCUT2D eigenvalue weighted by molar-refractivity contribution is 5.24. The van der Waals surface area contributed by atoms with Gasteiger partial charge in [0.25, 0.3) is 0 Å². The Bertz CT molecular complexity index is 1200. The van der Waals surface area contributed by atoms with Gasteiger partial charge in [-0.15, -0.1) is 0 Å². The standard InChI is InChI=1S/C8H8F2.C8H9F.3C8H16.C8H10.4CH4/c1-5-3-7(9)6(2)8(10)4-5;1-6-3-4-7(2)8(9)5-6;4*1-7-3-5-8(2)6-4-7;;;;/h3-4H,1-2H3;3-5H,1-2H3;3*7-8H,3-6H2,1-2H3;3-6H,1-2H3;4*1H4. The summed E-state index contributed by atoms with van der Waals surface area (Å²) in [5.74, 6) is 5.05. The summed E-state index contributed by atoms with van der Waals surface area (Å²) < 4.78 is 37.8. The summed E-state index contributed by atoms with van der Waals surface area (Å²) in [5, 5.41) is 0. The fourth-order valence-electron chi connectivity index (χ4n) is 6.39. The Balaban J connectivity index is -0.000000280. The van der Waals surface area contributed by atoms with Gasteiger partial charge in [-0.05, 0) is 112 Å². The molecule has 0 saturated heterocycles. The number of rotatable bonds is 0. The number of hydrogen-bond acceptors (Lipinski definition) is 0. The molecule has 0 radical (unpaired) electrons. The van der Waals surface area contributed by atoms with E-state index in [0.717, 1.165) is 41.1 Å². The maximum Gasteiger partial charge on any atom is 0.129 e. The van der Waals surface area contributed by atoms with E-state index < -0.39 is 11.6 Å². The molecule has 3 fully saturated rings. The van der Waals surface area contributed by atoms with Crippen molar-refractivity contribution in [3.63, 3.8) is 0 Å². The maximum atomic E-state index is 12.6. The maximum absolute atomic E-state index is 12.6. The average molecular weight is 773 g/mol. The molecule has 0 aromatic heterocycles. The molecule has 0 bridgehead atoms. The van der Waals surface area contributed by atoms with Crippen molar-refractivity contribution in [2.75, 3.05) is 0 Å². The summed E-state index contributed by atoms with van der Waals surface area (Å²) in [7, 11) is 0. The van der Waals surface area contributed by atoms with Gasteiger partial charge in [-0.3, -0.25) is 0 Å². The lowest BCUT2D eigenvalue weighted by Crippen LogP contribution is -2.08. The molecular formula is C52H91F3. The first-order valence-electron chi connectivity index (χ1n) is 20.1. The largest absolute Gasteiger partial charge is 0.207 e. The summed E-state index contributed by atoms with van der Waals surface area (Å²) in [4.78, 5) is 0. The van der Waals surface area contributed by atoms with Crippen LogP contribution in [0.3, 0.4) is 0 Å². The van der Waals surface area contributed by atoms with Crippen LogP contribution in [-0.2, 0) is 0 Å². The zero-order valence-electron chi connectivity index (χ0n) is 34.8. The average Bonchev–Trinajstić information content (AvgIpc) is 3.09.